The highest BCUT2D eigenvalue weighted by molar-refractivity contribution is 6.31. The number of benzene rings is 2. The Morgan fingerprint density at radius 3 is 2.59 bits per heavy atom. The molecule has 2 fully saturated rings. The van der Waals surface area contributed by atoms with Gasteiger partial charge in [-0.2, -0.15) is 0 Å². The zero-order chi connectivity index (χ0) is 29.3. The lowest BCUT2D eigenvalue weighted by molar-refractivity contribution is -0.133. The fourth-order valence-electron chi connectivity index (χ4n) is 5.23. The van der Waals surface area contributed by atoms with E-state index in [-0.39, 0.29) is 40.7 Å². The Hall–Kier alpha value is -4.12. The summed E-state index contributed by atoms with van der Waals surface area (Å²) in [5.74, 6) is -5.09. The van der Waals surface area contributed by atoms with Gasteiger partial charge in [0.2, 0.25) is 11.8 Å². The molecule has 0 radical (unpaired) electrons. The van der Waals surface area contributed by atoms with Crippen molar-refractivity contribution in [1.82, 2.24) is 10.3 Å². The van der Waals surface area contributed by atoms with E-state index >= 15 is 0 Å². The molecule has 1 N–H and O–H groups in total. The zero-order valence-electron chi connectivity index (χ0n) is 21.9. The lowest BCUT2D eigenvalue weighted by Crippen LogP contribution is -2.56. The van der Waals surface area contributed by atoms with E-state index in [9.17, 15) is 27.6 Å². The largest absolute Gasteiger partial charge is 0.493 e. The maximum Gasteiger partial charge on any atom is 0.252 e. The molecule has 2 aliphatic rings. The summed E-state index contributed by atoms with van der Waals surface area (Å²) in [6.45, 7) is 0. The summed E-state index contributed by atoms with van der Waals surface area (Å²) in [6.07, 6.45) is 0.435. The average molecular weight is 587 g/mol. The first-order chi connectivity index (χ1) is 19.6. The highest BCUT2D eigenvalue weighted by Gasteiger charge is 2.49. The molecule has 8 nitrogen and oxygen atoms in total. The molecule has 3 aromatic rings. The SMILES string of the molecule is COc1cccnc1N1C(=O)CC[C@H]1C(=O)N(c1cccc(F)c1)[C@H](C(=O)NC1CC(F)(F)C1)c1ccccc1Cl. The number of amides is 3. The van der Waals surface area contributed by atoms with Gasteiger partial charge in [-0.05, 0) is 42.8 Å². The average Bonchev–Trinajstić information content (AvgIpc) is 3.31. The van der Waals surface area contributed by atoms with Crippen LogP contribution in [0.2, 0.25) is 5.02 Å². The second kappa shape index (κ2) is 11.4. The van der Waals surface area contributed by atoms with Crippen molar-refractivity contribution in [3.63, 3.8) is 0 Å². The number of halogens is 4. The minimum atomic E-state index is -2.90. The second-order valence-electron chi connectivity index (χ2n) is 9.93. The molecular formula is C29H26ClF3N4O4. The Labute approximate surface area is 239 Å². The third kappa shape index (κ3) is 5.72. The fourth-order valence-corrected chi connectivity index (χ4v) is 5.47. The van der Waals surface area contributed by atoms with Crippen LogP contribution in [-0.4, -0.2) is 47.8 Å². The standard InChI is InChI=1S/C29H26ClF3N4O4/c1-41-23-10-5-13-34-26(23)37-22(11-12-24(37)38)28(40)36(19-7-4-6-17(31)14-19)25(20-8-2-3-9-21(20)30)27(39)35-18-15-29(32,33)16-18/h2-10,13-14,18,22,25H,11-12,15-16H2,1H3,(H,35,39)/t22-,25-/m0/s1. The Balaban J connectivity index is 1.61. The van der Waals surface area contributed by atoms with Gasteiger partial charge in [-0.3, -0.25) is 24.2 Å². The zero-order valence-corrected chi connectivity index (χ0v) is 22.7. The molecule has 12 heteroatoms. The highest BCUT2D eigenvalue weighted by atomic mass is 35.5. The molecular weight excluding hydrogens is 561 g/mol. The predicted octanol–water partition coefficient (Wildman–Crippen LogP) is 5.07. The van der Waals surface area contributed by atoms with Crippen LogP contribution in [0.5, 0.6) is 5.75 Å². The summed E-state index contributed by atoms with van der Waals surface area (Å²) in [6, 6.07) is 11.1. The molecule has 1 saturated carbocycles. The topological polar surface area (TPSA) is 91.8 Å². The minimum Gasteiger partial charge on any atom is -0.493 e. The molecule has 5 rings (SSSR count). The Morgan fingerprint density at radius 2 is 1.90 bits per heavy atom. The molecule has 1 aromatic heterocycles. The number of pyridine rings is 1. The van der Waals surface area contributed by atoms with Gasteiger partial charge >= 0.3 is 0 Å². The first-order valence-electron chi connectivity index (χ1n) is 12.9. The van der Waals surface area contributed by atoms with E-state index in [2.05, 4.69) is 10.3 Å². The van der Waals surface area contributed by atoms with Crippen LogP contribution >= 0.6 is 11.6 Å². The number of anilines is 2. The minimum absolute atomic E-state index is 0.00718. The van der Waals surface area contributed by atoms with Gasteiger partial charge < -0.3 is 10.1 Å². The molecule has 1 aliphatic carbocycles. The lowest BCUT2D eigenvalue weighted by Gasteiger charge is -2.39. The summed E-state index contributed by atoms with van der Waals surface area (Å²) in [4.78, 5) is 47.9. The number of alkyl halides is 2. The van der Waals surface area contributed by atoms with Crippen LogP contribution in [-0.2, 0) is 14.4 Å². The van der Waals surface area contributed by atoms with E-state index in [0.29, 0.717) is 0 Å². The van der Waals surface area contributed by atoms with Gasteiger partial charge in [0.25, 0.3) is 11.8 Å². The van der Waals surface area contributed by atoms with E-state index in [1.165, 1.54) is 48.5 Å². The quantitative estimate of drug-likeness (QED) is 0.398. The number of hydrogen-bond donors (Lipinski definition) is 1. The summed E-state index contributed by atoms with van der Waals surface area (Å²) in [5, 5.41) is 2.73. The molecule has 214 valence electrons. The molecule has 0 bridgehead atoms. The van der Waals surface area contributed by atoms with Crippen LogP contribution < -0.4 is 19.9 Å². The van der Waals surface area contributed by atoms with Crippen LogP contribution in [0, 0.1) is 5.82 Å². The van der Waals surface area contributed by atoms with Gasteiger partial charge in [0.15, 0.2) is 11.6 Å². The van der Waals surface area contributed by atoms with Crippen LogP contribution in [0.1, 0.15) is 37.3 Å². The molecule has 1 saturated heterocycles. The molecule has 41 heavy (non-hydrogen) atoms. The number of nitrogens with one attached hydrogen (secondary N) is 1. The van der Waals surface area contributed by atoms with Crippen molar-refractivity contribution in [2.24, 2.45) is 0 Å². The number of carbonyl (C=O) groups is 3. The van der Waals surface area contributed by atoms with Gasteiger partial charge in [-0.25, -0.2) is 18.2 Å². The van der Waals surface area contributed by atoms with Crippen molar-refractivity contribution in [2.75, 3.05) is 16.9 Å². The van der Waals surface area contributed by atoms with Gasteiger partial charge in [-0.15, -0.1) is 0 Å². The van der Waals surface area contributed by atoms with Gasteiger partial charge in [-0.1, -0.05) is 35.9 Å². The van der Waals surface area contributed by atoms with E-state index in [4.69, 9.17) is 16.3 Å². The van der Waals surface area contributed by atoms with Crippen LogP contribution in [0.25, 0.3) is 0 Å². The molecule has 0 unspecified atom stereocenters. The maximum absolute atomic E-state index is 14.5. The summed E-state index contributed by atoms with van der Waals surface area (Å²) < 4.78 is 47.1. The normalized spacial score (nSPS) is 18.9. The third-order valence-electron chi connectivity index (χ3n) is 7.16. The first kappa shape index (κ1) is 28.4. The molecule has 0 spiro atoms. The van der Waals surface area contributed by atoms with Crippen LogP contribution in [0.3, 0.4) is 0 Å². The Morgan fingerprint density at radius 1 is 1.15 bits per heavy atom. The van der Waals surface area contributed by atoms with Gasteiger partial charge in [0.05, 0.1) is 7.11 Å². The van der Waals surface area contributed by atoms with Crippen LogP contribution in [0.15, 0.2) is 66.9 Å². The Bertz CT molecular complexity index is 1480. The summed E-state index contributed by atoms with van der Waals surface area (Å²) in [7, 11) is 1.40. The van der Waals surface area contributed by atoms with Crippen molar-refractivity contribution >= 4 is 40.8 Å². The number of aromatic nitrogens is 1. The number of nitrogens with zero attached hydrogens (tertiary/aromatic N) is 3. The smallest absolute Gasteiger partial charge is 0.252 e. The number of methoxy groups -OCH3 is 1. The van der Waals surface area contributed by atoms with Gasteiger partial charge in [0.1, 0.15) is 17.9 Å². The Kier molecular flexibility index (Phi) is 7.90. The van der Waals surface area contributed by atoms with E-state index < -0.39 is 60.4 Å². The fraction of sp³-hybridized carbons (Fsp3) is 0.310. The lowest BCUT2D eigenvalue weighted by atomic mass is 9.87. The number of carbonyl (C=O) groups excluding carboxylic acids is 3. The van der Waals surface area contributed by atoms with Crippen molar-refractivity contribution in [3.05, 3.63) is 83.3 Å². The van der Waals surface area contributed by atoms with E-state index in [1.807, 2.05) is 0 Å². The number of rotatable bonds is 8. The summed E-state index contributed by atoms with van der Waals surface area (Å²) >= 11 is 6.50. The van der Waals surface area contributed by atoms with E-state index in [1.54, 1.807) is 24.3 Å². The first-order valence-corrected chi connectivity index (χ1v) is 13.3. The molecule has 2 aromatic carbocycles. The number of ether oxygens (including phenoxy) is 1. The predicted molar refractivity (Wildman–Crippen MR) is 145 cm³/mol. The van der Waals surface area contributed by atoms with Crippen molar-refractivity contribution in [3.8, 4) is 5.75 Å². The van der Waals surface area contributed by atoms with Crippen molar-refractivity contribution < 1.29 is 32.3 Å². The summed E-state index contributed by atoms with van der Waals surface area (Å²) in [5.41, 5.74) is 0.211. The second-order valence-corrected chi connectivity index (χ2v) is 10.3. The molecule has 3 amide bonds. The van der Waals surface area contributed by atoms with Crippen molar-refractivity contribution in [1.29, 1.82) is 0 Å². The highest BCUT2D eigenvalue weighted by Crippen LogP contribution is 2.40. The van der Waals surface area contributed by atoms with Gasteiger partial charge in [0, 0.05) is 47.8 Å². The van der Waals surface area contributed by atoms with Crippen LogP contribution in [0.4, 0.5) is 24.7 Å². The molecule has 2 atom stereocenters. The monoisotopic (exact) mass is 586 g/mol. The molecule has 2 heterocycles. The van der Waals surface area contributed by atoms with Crippen molar-refractivity contribution in [2.45, 2.75) is 49.7 Å². The third-order valence-corrected chi connectivity index (χ3v) is 7.51. The molecule has 1 aliphatic heterocycles. The maximum atomic E-state index is 14.5. The number of hydrogen-bond acceptors (Lipinski definition) is 5. The van der Waals surface area contributed by atoms with E-state index in [0.717, 1.165) is 11.0 Å².